The molecular weight excluding hydrogens is 190 g/mol. The number of methoxy groups -OCH3 is 1. The van der Waals surface area contributed by atoms with Gasteiger partial charge in [-0.1, -0.05) is 12.1 Å². The Labute approximate surface area is 78.3 Å². The Morgan fingerprint density at radius 2 is 2.15 bits per heavy atom. The van der Waals surface area contributed by atoms with Gasteiger partial charge in [-0.3, -0.25) is 0 Å². The van der Waals surface area contributed by atoms with Crippen molar-refractivity contribution >= 4 is 16.4 Å². The second kappa shape index (κ2) is 4.13. The number of anilines is 1. The van der Waals surface area contributed by atoms with Gasteiger partial charge in [-0.15, -0.1) is 0 Å². The number of ether oxygens (including phenoxy) is 1. The SMILES string of the molecule is COc1cccc(C[SH](=O)=O)c1N. The molecule has 2 N–H and O–H groups in total. The van der Waals surface area contributed by atoms with Gasteiger partial charge in [-0.25, -0.2) is 8.42 Å². The number of hydrogen-bond acceptors (Lipinski definition) is 4. The molecule has 0 bridgehead atoms. The summed E-state index contributed by atoms with van der Waals surface area (Å²) >= 11 is 0. The minimum atomic E-state index is -2.45. The van der Waals surface area contributed by atoms with Gasteiger partial charge in [0.2, 0.25) is 0 Å². The Morgan fingerprint density at radius 3 is 2.69 bits per heavy atom. The first-order chi connectivity index (χ1) is 6.15. The summed E-state index contributed by atoms with van der Waals surface area (Å²) in [4.78, 5) is 0. The largest absolute Gasteiger partial charge is 0.495 e. The fraction of sp³-hybridized carbons (Fsp3) is 0.250. The molecule has 0 radical (unpaired) electrons. The number of nitrogen functional groups attached to an aromatic ring is 1. The molecule has 1 aromatic carbocycles. The van der Waals surface area contributed by atoms with Crippen LogP contribution in [0.4, 0.5) is 5.69 Å². The van der Waals surface area contributed by atoms with Gasteiger partial charge in [0.15, 0.2) is 0 Å². The highest BCUT2D eigenvalue weighted by molar-refractivity contribution is 7.71. The summed E-state index contributed by atoms with van der Waals surface area (Å²) in [5.41, 5.74) is 6.62. The fourth-order valence-corrected chi connectivity index (χ4v) is 1.60. The summed E-state index contributed by atoms with van der Waals surface area (Å²) < 4.78 is 25.9. The minimum absolute atomic E-state index is 0.0433. The molecule has 0 aliphatic heterocycles. The first kappa shape index (κ1) is 9.85. The van der Waals surface area contributed by atoms with Crippen molar-refractivity contribution in [2.75, 3.05) is 12.8 Å². The van der Waals surface area contributed by atoms with Crippen LogP contribution >= 0.6 is 0 Å². The van der Waals surface area contributed by atoms with E-state index in [0.717, 1.165) is 0 Å². The van der Waals surface area contributed by atoms with Gasteiger partial charge in [0.25, 0.3) is 0 Å². The van der Waals surface area contributed by atoms with E-state index < -0.39 is 10.7 Å². The summed E-state index contributed by atoms with van der Waals surface area (Å²) in [6.45, 7) is 0. The van der Waals surface area contributed by atoms with E-state index in [9.17, 15) is 8.42 Å². The van der Waals surface area contributed by atoms with E-state index in [1.807, 2.05) is 0 Å². The lowest BCUT2D eigenvalue weighted by Gasteiger charge is -2.06. The highest BCUT2D eigenvalue weighted by atomic mass is 32.2. The third-order valence-electron chi connectivity index (χ3n) is 1.68. The third kappa shape index (κ3) is 2.35. The molecule has 0 amide bonds. The van der Waals surface area contributed by atoms with Crippen LogP contribution in [0.25, 0.3) is 0 Å². The van der Waals surface area contributed by atoms with E-state index in [-0.39, 0.29) is 5.75 Å². The number of thiol groups is 1. The van der Waals surface area contributed by atoms with E-state index in [2.05, 4.69) is 0 Å². The maximum absolute atomic E-state index is 10.5. The minimum Gasteiger partial charge on any atom is -0.495 e. The molecule has 0 atom stereocenters. The lowest BCUT2D eigenvalue weighted by Crippen LogP contribution is -1.98. The van der Waals surface area contributed by atoms with Crippen molar-refractivity contribution in [1.29, 1.82) is 0 Å². The van der Waals surface area contributed by atoms with E-state index in [1.54, 1.807) is 18.2 Å². The van der Waals surface area contributed by atoms with Crippen LogP contribution in [-0.4, -0.2) is 15.5 Å². The fourth-order valence-electron chi connectivity index (χ4n) is 1.04. The van der Waals surface area contributed by atoms with E-state index in [1.165, 1.54) is 7.11 Å². The number of nitrogens with two attached hydrogens (primary N) is 1. The molecule has 0 heterocycles. The van der Waals surface area contributed by atoms with Crippen LogP contribution in [0.1, 0.15) is 5.56 Å². The Hall–Kier alpha value is -1.23. The second-order valence-corrected chi connectivity index (χ2v) is 3.51. The third-order valence-corrected chi connectivity index (χ3v) is 2.27. The summed E-state index contributed by atoms with van der Waals surface area (Å²) in [5, 5.41) is 0. The molecule has 0 aromatic heterocycles. The van der Waals surface area contributed by atoms with E-state index in [0.29, 0.717) is 17.0 Å². The Morgan fingerprint density at radius 1 is 1.46 bits per heavy atom. The molecule has 72 valence electrons. The normalized spacial score (nSPS) is 10.3. The quantitative estimate of drug-likeness (QED) is 0.548. The molecule has 0 spiro atoms. The maximum Gasteiger partial charge on any atom is 0.144 e. The van der Waals surface area contributed by atoms with Crippen LogP contribution in [0.2, 0.25) is 0 Å². The van der Waals surface area contributed by atoms with Gasteiger partial charge in [0.1, 0.15) is 16.5 Å². The Balaban J connectivity index is 3.07. The van der Waals surface area contributed by atoms with Gasteiger partial charge in [-0.2, -0.15) is 0 Å². The van der Waals surface area contributed by atoms with Crippen molar-refractivity contribution in [1.82, 2.24) is 0 Å². The summed E-state index contributed by atoms with van der Waals surface area (Å²) in [6.07, 6.45) is 0. The number of hydrogen-bond donors (Lipinski definition) is 2. The van der Waals surface area contributed by atoms with Crippen LogP contribution in [-0.2, 0) is 16.5 Å². The van der Waals surface area contributed by atoms with Gasteiger partial charge in [0, 0.05) is 0 Å². The molecule has 4 nitrogen and oxygen atoms in total. The highest BCUT2D eigenvalue weighted by Gasteiger charge is 2.04. The molecule has 0 saturated heterocycles. The Kier molecular flexibility index (Phi) is 3.13. The summed E-state index contributed by atoms with van der Waals surface area (Å²) in [6, 6.07) is 5.07. The van der Waals surface area contributed by atoms with Crippen molar-refractivity contribution < 1.29 is 13.2 Å². The monoisotopic (exact) mass is 201 g/mol. The molecule has 0 aliphatic rings. The topological polar surface area (TPSA) is 69.4 Å². The standard InChI is InChI=1S/C8H11NO3S/c1-12-7-4-2-3-6(8(7)9)5-13(10)11/h2-4,13H,5,9H2,1H3. The number of benzene rings is 1. The maximum atomic E-state index is 10.5. The van der Waals surface area contributed by atoms with Crippen molar-refractivity contribution in [3.8, 4) is 5.75 Å². The predicted octanol–water partition coefficient (Wildman–Crippen LogP) is 0.389. The van der Waals surface area contributed by atoms with Crippen molar-refractivity contribution in [3.05, 3.63) is 23.8 Å². The zero-order valence-electron chi connectivity index (χ0n) is 7.19. The lowest BCUT2D eigenvalue weighted by atomic mass is 10.2. The molecule has 5 heteroatoms. The molecule has 0 aliphatic carbocycles. The smallest absolute Gasteiger partial charge is 0.144 e. The van der Waals surface area contributed by atoms with Crippen LogP contribution < -0.4 is 10.5 Å². The first-order valence-electron chi connectivity index (χ1n) is 3.68. The van der Waals surface area contributed by atoms with Gasteiger partial charge in [-0.05, 0) is 11.6 Å². The molecule has 1 rings (SSSR count). The number of rotatable bonds is 3. The highest BCUT2D eigenvalue weighted by Crippen LogP contribution is 2.24. The molecule has 0 fully saturated rings. The first-order valence-corrected chi connectivity index (χ1v) is 5.04. The van der Waals surface area contributed by atoms with Crippen molar-refractivity contribution in [2.24, 2.45) is 0 Å². The van der Waals surface area contributed by atoms with Crippen molar-refractivity contribution in [2.45, 2.75) is 5.75 Å². The van der Waals surface area contributed by atoms with Gasteiger partial charge >= 0.3 is 0 Å². The molecule has 1 aromatic rings. The van der Waals surface area contributed by atoms with Crippen LogP contribution in [0, 0.1) is 0 Å². The second-order valence-electron chi connectivity index (χ2n) is 2.52. The molecule has 0 saturated carbocycles. The van der Waals surface area contributed by atoms with Crippen LogP contribution in [0.5, 0.6) is 5.75 Å². The summed E-state index contributed by atoms with van der Waals surface area (Å²) in [7, 11) is -0.953. The molecule has 13 heavy (non-hydrogen) atoms. The van der Waals surface area contributed by atoms with Crippen molar-refractivity contribution in [3.63, 3.8) is 0 Å². The molecule has 0 unspecified atom stereocenters. The molecular formula is C8H11NO3S. The Bertz CT molecular complexity index is 366. The average Bonchev–Trinajstić information content (AvgIpc) is 2.08. The lowest BCUT2D eigenvalue weighted by molar-refractivity contribution is 0.416. The van der Waals surface area contributed by atoms with Gasteiger partial charge in [0.05, 0.1) is 18.6 Å². The van der Waals surface area contributed by atoms with Crippen LogP contribution in [0.15, 0.2) is 18.2 Å². The van der Waals surface area contributed by atoms with Gasteiger partial charge < -0.3 is 10.5 Å². The van der Waals surface area contributed by atoms with E-state index in [4.69, 9.17) is 10.5 Å². The zero-order valence-corrected chi connectivity index (χ0v) is 8.08. The predicted molar refractivity (Wildman–Crippen MR) is 51.4 cm³/mol. The zero-order chi connectivity index (χ0) is 9.84. The van der Waals surface area contributed by atoms with Crippen LogP contribution in [0.3, 0.4) is 0 Å². The average molecular weight is 201 g/mol. The number of para-hydroxylation sites is 1. The van der Waals surface area contributed by atoms with E-state index >= 15 is 0 Å². The summed E-state index contributed by atoms with van der Waals surface area (Å²) in [5.74, 6) is 0.465.